The minimum Gasteiger partial charge on any atom is -0.325 e. The number of imidazole rings is 1. The molecule has 0 spiro atoms. The van der Waals surface area contributed by atoms with Gasteiger partial charge in [0.05, 0.1) is 21.4 Å². The summed E-state index contributed by atoms with van der Waals surface area (Å²) in [4.78, 5) is 5.98. The second-order valence-electron chi connectivity index (χ2n) is 4.67. The van der Waals surface area contributed by atoms with E-state index < -0.39 is 0 Å². The average Bonchev–Trinajstić information content (AvgIpc) is 3.03. The van der Waals surface area contributed by atoms with Gasteiger partial charge in [-0.15, -0.1) is 22.9 Å². The average molecular weight is 325 g/mol. The molecule has 0 aliphatic carbocycles. The molecule has 0 amide bonds. The van der Waals surface area contributed by atoms with Crippen LogP contribution in [0, 0.1) is 0 Å². The number of para-hydroxylation sites is 1. The molecular formula is C15H14Cl2N2S. The number of benzene rings is 1. The van der Waals surface area contributed by atoms with E-state index in [4.69, 9.17) is 23.2 Å². The number of fused-ring (bicyclic) bond motifs is 1. The number of aromatic nitrogens is 2. The molecule has 2 aromatic heterocycles. The number of hydrogen-bond donors (Lipinski definition) is 0. The lowest BCUT2D eigenvalue weighted by Crippen LogP contribution is -2.06. The van der Waals surface area contributed by atoms with Crippen molar-refractivity contribution in [3.05, 3.63) is 51.4 Å². The van der Waals surface area contributed by atoms with Crippen LogP contribution in [0.15, 0.2) is 35.7 Å². The zero-order valence-electron chi connectivity index (χ0n) is 11.0. The van der Waals surface area contributed by atoms with Gasteiger partial charge in [0.1, 0.15) is 5.82 Å². The summed E-state index contributed by atoms with van der Waals surface area (Å²) in [5.41, 5.74) is 1.89. The van der Waals surface area contributed by atoms with Crippen LogP contribution in [0.1, 0.15) is 23.0 Å². The van der Waals surface area contributed by atoms with Gasteiger partial charge in [0, 0.05) is 11.4 Å². The van der Waals surface area contributed by atoms with Gasteiger partial charge in [0.15, 0.2) is 0 Å². The third-order valence-electron chi connectivity index (χ3n) is 3.26. The van der Waals surface area contributed by atoms with Gasteiger partial charge < -0.3 is 4.57 Å². The number of alkyl halides is 1. The zero-order chi connectivity index (χ0) is 14.1. The van der Waals surface area contributed by atoms with E-state index in [9.17, 15) is 0 Å². The van der Waals surface area contributed by atoms with Crippen LogP contribution in [-0.2, 0) is 13.0 Å². The second kappa shape index (κ2) is 5.76. The fourth-order valence-electron chi connectivity index (χ4n) is 2.37. The molecule has 20 heavy (non-hydrogen) atoms. The molecular weight excluding hydrogens is 311 g/mol. The summed E-state index contributed by atoms with van der Waals surface area (Å²) < 4.78 is 2.15. The molecule has 0 saturated heterocycles. The van der Waals surface area contributed by atoms with Crippen LogP contribution < -0.4 is 0 Å². The molecule has 0 bridgehead atoms. The van der Waals surface area contributed by atoms with Crippen molar-refractivity contribution < 1.29 is 0 Å². The van der Waals surface area contributed by atoms with Crippen molar-refractivity contribution in [2.45, 2.75) is 25.3 Å². The summed E-state index contributed by atoms with van der Waals surface area (Å²) in [6.07, 6.45) is 0.963. The van der Waals surface area contributed by atoms with E-state index >= 15 is 0 Å². The number of nitrogens with zero attached hydrogens (tertiary/aromatic N) is 2. The van der Waals surface area contributed by atoms with E-state index in [1.165, 1.54) is 4.88 Å². The third-order valence-corrected chi connectivity index (χ3v) is 4.70. The van der Waals surface area contributed by atoms with Crippen molar-refractivity contribution in [3.8, 4) is 0 Å². The summed E-state index contributed by atoms with van der Waals surface area (Å²) in [5.74, 6) is 0.881. The second-order valence-corrected chi connectivity index (χ2v) is 6.77. The molecule has 3 rings (SSSR count). The van der Waals surface area contributed by atoms with Gasteiger partial charge in [-0.05, 0) is 36.9 Å². The molecule has 2 heterocycles. The fourth-order valence-corrected chi connectivity index (χ4v) is 3.50. The summed E-state index contributed by atoms with van der Waals surface area (Å²) in [5, 5.41) is 2.69. The monoisotopic (exact) mass is 324 g/mol. The summed E-state index contributed by atoms with van der Waals surface area (Å²) in [6, 6.07) is 10.0. The van der Waals surface area contributed by atoms with E-state index in [1.807, 2.05) is 25.1 Å². The number of hydrogen-bond acceptors (Lipinski definition) is 2. The summed E-state index contributed by atoms with van der Waals surface area (Å²) in [7, 11) is 0. The Morgan fingerprint density at radius 1 is 1.30 bits per heavy atom. The standard InChI is InChI=1S/C15H14Cl2N2S/c1-10(16)15-18-13-6-2-5-12(17)14(13)19(15)8-7-11-4-3-9-20-11/h2-6,9-10H,7-8H2,1H3. The van der Waals surface area contributed by atoms with Crippen molar-refractivity contribution in [1.29, 1.82) is 0 Å². The predicted molar refractivity (Wildman–Crippen MR) is 87.0 cm³/mol. The molecule has 1 atom stereocenters. The van der Waals surface area contributed by atoms with Gasteiger partial charge in [-0.1, -0.05) is 23.7 Å². The number of thiophene rings is 1. The van der Waals surface area contributed by atoms with E-state index in [0.29, 0.717) is 0 Å². The van der Waals surface area contributed by atoms with Gasteiger partial charge in [0.2, 0.25) is 0 Å². The summed E-state index contributed by atoms with van der Waals surface area (Å²) >= 11 is 14.4. The zero-order valence-corrected chi connectivity index (χ0v) is 13.3. The minimum absolute atomic E-state index is 0.137. The van der Waals surface area contributed by atoms with Crippen LogP contribution in [0.25, 0.3) is 11.0 Å². The van der Waals surface area contributed by atoms with Crippen molar-refractivity contribution in [1.82, 2.24) is 9.55 Å². The van der Waals surface area contributed by atoms with E-state index in [-0.39, 0.29) is 5.38 Å². The number of rotatable bonds is 4. The highest BCUT2D eigenvalue weighted by Crippen LogP contribution is 2.29. The van der Waals surface area contributed by atoms with Gasteiger partial charge in [-0.3, -0.25) is 0 Å². The molecule has 0 saturated carbocycles. The van der Waals surface area contributed by atoms with Crippen LogP contribution in [0.3, 0.4) is 0 Å². The fraction of sp³-hybridized carbons (Fsp3) is 0.267. The molecule has 0 aliphatic rings. The SMILES string of the molecule is CC(Cl)c1nc2cccc(Cl)c2n1CCc1cccs1. The maximum Gasteiger partial charge on any atom is 0.127 e. The first-order chi connectivity index (χ1) is 9.66. The Kier molecular flexibility index (Phi) is 4.01. The molecule has 0 fully saturated rings. The van der Waals surface area contributed by atoms with Crippen LogP contribution in [0.2, 0.25) is 5.02 Å². The Morgan fingerprint density at radius 2 is 2.15 bits per heavy atom. The first-order valence-electron chi connectivity index (χ1n) is 6.48. The molecule has 3 aromatic rings. The van der Waals surface area contributed by atoms with E-state index in [0.717, 1.165) is 34.8 Å². The highest BCUT2D eigenvalue weighted by molar-refractivity contribution is 7.09. The lowest BCUT2D eigenvalue weighted by atomic mass is 10.3. The maximum atomic E-state index is 6.34. The Hall–Kier alpha value is -1.03. The molecule has 1 aromatic carbocycles. The molecule has 104 valence electrons. The van der Waals surface area contributed by atoms with Crippen molar-refractivity contribution >= 4 is 45.6 Å². The van der Waals surface area contributed by atoms with Gasteiger partial charge >= 0.3 is 0 Å². The Labute approximate surface area is 132 Å². The first kappa shape index (κ1) is 13.9. The lowest BCUT2D eigenvalue weighted by Gasteiger charge is -2.10. The van der Waals surface area contributed by atoms with E-state index in [2.05, 4.69) is 27.1 Å². The molecule has 0 aliphatic heterocycles. The van der Waals surface area contributed by atoms with Gasteiger partial charge in [0.25, 0.3) is 0 Å². The maximum absolute atomic E-state index is 6.34. The highest BCUT2D eigenvalue weighted by atomic mass is 35.5. The van der Waals surface area contributed by atoms with Gasteiger partial charge in [-0.25, -0.2) is 4.98 Å². The lowest BCUT2D eigenvalue weighted by molar-refractivity contribution is 0.672. The predicted octanol–water partition coefficient (Wildman–Crippen LogP) is 5.29. The molecule has 1 unspecified atom stereocenters. The number of aryl methyl sites for hydroxylation is 2. The third kappa shape index (κ3) is 2.58. The largest absolute Gasteiger partial charge is 0.325 e. The van der Waals surface area contributed by atoms with Crippen molar-refractivity contribution in [2.24, 2.45) is 0 Å². The van der Waals surface area contributed by atoms with Crippen molar-refractivity contribution in [2.75, 3.05) is 0 Å². The quantitative estimate of drug-likeness (QED) is 0.596. The highest BCUT2D eigenvalue weighted by Gasteiger charge is 2.16. The molecule has 0 radical (unpaired) electrons. The van der Waals surface area contributed by atoms with Crippen LogP contribution in [0.5, 0.6) is 0 Å². The first-order valence-corrected chi connectivity index (χ1v) is 8.17. The minimum atomic E-state index is -0.137. The van der Waals surface area contributed by atoms with Crippen molar-refractivity contribution in [3.63, 3.8) is 0 Å². The van der Waals surface area contributed by atoms with Crippen LogP contribution in [0.4, 0.5) is 0 Å². The van der Waals surface area contributed by atoms with Crippen LogP contribution in [-0.4, -0.2) is 9.55 Å². The molecule has 5 heteroatoms. The van der Waals surface area contributed by atoms with E-state index in [1.54, 1.807) is 11.3 Å². The molecule has 2 nitrogen and oxygen atoms in total. The normalized spacial score (nSPS) is 12.9. The Bertz CT molecular complexity index is 717. The number of halogens is 2. The topological polar surface area (TPSA) is 17.8 Å². The van der Waals surface area contributed by atoms with Gasteiger partial charge in [-0.2, -0.15) is 0 Å². The Morgan fingerprint density at radius 3 is 2.85 bits per heavy atom. The van der Waals surface area contributed by atoms with Crippen LogP contribution >= 0.6 is 34.5 Å². The molecule has 0 N–H and O–H groups in total. The summed E-state index contributed by atoms with van der Waals surface area (Å²) in [6.45, 7) is 2.78. The smallest absolute Gasteiger partial charge is 0.127 e. The Balaban J connectivity index is 2.04.